The minimum Gasteiger partial charge on any atom is -0.479 e. The van der Waals surface area contributed by atoms with E-state index < -0.39 is 260 Å². The van der Waals surface area contributed by atoms with E-state index in [0.717, 1.165) is 7.11 Å². The van der Waals surface area contributed by atoms with Crippen LogP contribution in [0.5, 0.6) is 0 Å². The molecule has 87 heavy (non-hydrogen) atoms. The Morgan fingerprint density at radius 2 is 0.782 bits per heavy atom. The lowest BCUT2D eigenvalue weighted by Gasteiger charge is -2.50. The summed E-state index contributed by atoms with van der Waals surface area (Å²) in [6.45, 7) is -4.58. The first-order valence-corrected chi connectivity index (χ1v) is 32.0. The van der Waals surface area contributed by atoms with Crippen LogP contribution in [0, 0.1) is 0 Å². The Kier molecular flexibility index (Phi) is 26.1. The summed E-state index contributed by atoms with van der Waals surface area (Å²) in [5.74, 6) is -4.57. The average Bonchev–Trinajstić information content (AvgIpc) is 2.69. The Balaban J connectivity index is 1.53. The van der Waals surface area contributed by atoms with Crippen molar-refractivity contribution in [3.8, 4) is 0 Å². The maximum Gasteiger partial charge on any atom is 0.397 e. The molecule has 19 N–H and O–H groups in total. The van der Waals surface area contributed by atoms with Gasteiger partial charge in [0.25, 0.3) is 0 Å². The SMILES string of the molecule is CO[C@@H]1OC(COS(=O)(=O)O)[C@H](O[C@@H]2OC(C(=O)O)[C@H](O[C@@H]3OC(COS(=O)(=O)O)[C@H](O[C@@H]4OC(C(=O)O)[C@H](O[C@@H]5OC(COS(=O)(=O)O)[C@H](O)[C@H](O)C5NS(=O)(=O)O)[C@H](O)C4O)[C@H](OSOOO)C3NS(=O)(=O)O)[C@@H](O)C2O)[C@H](O)C1NS(=O)(=O)O. The Labute approximate surface area is 491 Å². The van der Waals surface area contributed by atoms with Crippen molar-refractivity contribution < 1.29 is 212 Å². The van der Waals surface area contributed by atoms with Crippen molar-refractivity contribution >= 4 is 86.4 Å². The van der Waals surface area contributed by atoms with Gasteiger partial charge in [0, 0.05) is 7.11 Å². The quantitative estimate of drug-likeness (QED) is 0.0104. The summed E-state index contributed by atoms with van der Waals surface area (Å²) in [5, 5.41) is 111. The van der Waals surface area contributed by atoms with Crippen LogP contribution in [0.25, 0.3) is 0 Å². The van der Waals surface area contributed by atoms with Gasteiger partial charge in [-0.05, 0) is 0 Å². The molecule has 25 atom stereocenters. The normalized spacial score (nSPS) is 39.5. The summed E-state index contributed by atoms with van der Waals surface area (Å²) < 4.78 is 279. The molecule has 5 rings (SSSR count). The monoisotopic (exact) mass is 1430 g/mol. The van der Waals surface area contributed by atoms with Crippen LogP contribution < -0.4 is 14.2 Å². The van der Waals surface area contributed by atoms with E-state index in [4.69, 9.17) is 61.4 Å². The van der Waals surface area contributed by atoms with Gasteiger partial charge in [0.1, 0.15) is 110 Å². The number of aliphatic carboxylic acids is 2. The van der Waals surface area contributed by atoms with Crippen molar-refractivity contribution in [3.05, 3.63) is 0 Å². The van der Waals surface area contributed by atoms with E-state index in [1.54, 1.807) is 0 Å². The van der Waals surface area contributed by atoms with E-state index in [-0.39, 0.29) is 0 Å². The first-order valence-electron chi connectivity index (χ1n) is 22.9. The molecule has 0 aliphatic carbocycles. The molecular weight excluding hydrogens is 1370 g/mol. The molecular formula is C31H53N3O46S7. The summed E-state index contributed by atoms with van der Waals surface area (Å²) in [4.78, 5) is 25.7. The first kappa shape index (κ1) is 75.4. The number of methoxy groups -OCH3 is 1. The van der Waals surface area contributed by atoms with Crippen LogP contribution in [-0.4, -0.2) is 321 Å². The molecule has 0 radical (unpaired) electrons. The molecule has 0 saturated carbocycles. The highest BCUT2D eigenvalue weighted by molar-refractivity contribution is 7.89. The van der Waals surface area contributed by atoms with Crippen LogP contribution >= 0.6 is 12.3 Å². The first-order chi connectivity index (χ1) is 39.8. The lowest BCUT2D eigenvalue weighted by atomic mass is 9.94. The van der Waals surface area contributed by atoms with Crippen molar-refractivity contribution in [2.45, 2.75) is 153 Å². The summed E-state index contributed by atoms with van der Waals surface area (Å²) in [5.41, 5.74) is 0. The second-order valence-electron chi connectivity index (χ2n) is 18.0. The second kappa shape index (κ2) is 30.2. The molecule has 5 fully saturated rings. The van der Waals surface area contributed by atoms with Crippen LogP contribution in [0.2, 0.25) is 0 Å². The largest absolute Gasteiger partial charge is 0.479 e. The van der Waals surface area contributed by atoms with Crippen molar-refractivity contribution in [2.75, 3.05) is 26.9 Å². The van der Waals surface area contributed by atoms with E-state index in [1.807, 2.05) is 0 Å². The van der Waals surface area contributed by atoms with Crippen molar-refractivity contribution in [2.24, 2.45) is 0 Å². The molecule has 5 saturated heterocycles. The van der Waals surface area contributed by atoms with Crippen LogP contribution in [0.15, 0.2) is 0 Å². The summed E-state index contributed by atoms with van der Waals surface area (Å²) in [6.07, 6.45) is -57.8. The molecule has 0 spiro atoms. The topological polar surface area (TPSA) is 746 Å². The van der Waals surface area contributed by atoms with E-state index in [2.05, 4.69) is 21.9 Å². The highest BCUT2D eigenvalue weighted by Gasteiger charge is 2.60. The highest BCUT2D eigenvalue weighted by Crippen LogP contribution is 2.38. The third-order valence-electron chi connectivity index (χ3n) is 12.2. The van der Waals surface area contributed by atoms with Gasteiger partial charge in [-0.1, -0.05) is 5.04 Å². The van der Waals surface area contributed by atoms with Gasteiger partial charge < -0.3 is 93.3 Å². The number of aliphatic hydroxyl groups excluding tert-OH is 7. The molecule has 5 aliphatic heterocycles. The van der Waals surface area contributed by atoms with Crippen LogP contribution in [0.1, 0.15) is 0 Å². The zero-order valence-electron chi connectivity index (χ0n) is 42.3. The second-order valence-corrected chi connectivity index (χ2v) is 25.3. The smallest absolute Gasteiger partial charge is 0.397 e. The van der Waals surface area contributed by atoms with Crippen LogP contribution in [-0.2, 0) is 145 Å². The Morgan fingerprint density at radius 1 is 0.425 bits per heavy atom. The molecule has 0 aromatic rings. The fourth-order valence-corrected chi connectivity index (χ4v) is 11.8. The van der Waals surface area contributed by atoms with Gasteiger partial charge in [-0.2, -0.15) is 64.7 Å². The Hall–Kier alpha value is -2.33. The van der Waals surface area contributed by atoms with Crippen molar-refractivity contribution in [3.63, 3.8) is 0 Å². The van der Waals surface area contributed by atoms with E-state index in [0.29, 0.717) is 0 Å². The standard InChI is InChI=1S/C31H53N3O46S7/c1-65-27-9(33-83(50,51)52)13(37)18(6(70-27)3-67-86(59,60)61)72-30-16(40)14(38)22(24(76-30)26(44)45)75-29-10(34-84(53,54)55)20(78-81-80-79-46)19(7(71-29)4-68-87(62,63)64)73-31-17(41)15(39)21(23(77-31)25(42)43)74-28-8(32-82(47,48)49)12(36)11(35)5(69-28)2-66-85(56,57)58/h5-24,27-41,46H,2-4H2,1H3,(H,42,43)(H,44,45)(H,47,48,49)(H,50,51,52)(H,53,54,55)(H,56,57,58)(H,59,60,61)(H,62,63,64)/t5?,6?,7?,8?,9?,10?,11-,12+,13+,14-,15+,16?,17?,18-,19-,20+,21+,22+,23?,24?,27+,28-,29-,30+,31+/m0/s1. The van der Waals surface area contributed by atoms with Crippen molar-refractivity contribution in [1.82, 2.24) is 14.2 Å². The number of nitrogens with one attached hydrogen (secondary N) is 3. The van der Waals surface area contributed by atoms with Gasteiger partial charge >= 0.3 is 74.0 Å². The van der Waals surface area contributed by atoms with Gasteiger partial charge in [0.05, 0.1) is 19.8 Å². The Bertz CT molecular complexity index is 3020. The summed E-state index contributed by atoms with van der Waals surface area (Å²) >= 11 is -0.604. The Morgan fingerprint density at radius 3 is 1.18 bits per heavy atom. The minimum absolute atomic E-state index is 0.604. The number of carboxylic acids is 2. The zero-order chi connectivity index (χ0) is 65.9. The molecule has 0 aromatic heterocycles. The molecule has 0 amide bonds. The van der Waals surface area contributed by atoms with Gasteiger partial charge in [0.2, 0.25) is 0 Å². The molecule has 5 heterocycles. The van der Waals surface area contributed by atoms with Gasteiger partial charge in [-0.25, -0.2) is 27.4 Å². The minimum atomic E-state index is -5.85. The number of hydrogen-bond donors (Lipinski definition) is 19. The summed E-state index contributed by atoms with van der Waals surface area (Å²) in [7, 11) is -32.4. The number of carboxylic acid groups (broad SMARTS) is 2. The van der Waals surface area contributed by atoms with Gasteiger partial charge in [-0.3, -0.25) is 31.5 Å². The van der Waals surface area contributed by atoms with Gasteiger partial charge in [0.15, 0.2) is 56.0 Å². The maximum atomic E-state index is 12.9. The lowest BCUT2D eigenvalue weighted by molar-refractivity contribution is -0.435. The molecule has 56 heteroatoms. The molecule has 0 aromatic carbocycles. The molecule has 5 aliphatic rings. The molecule has 0 bridgehead atoms. The maximum absolute atomic E-state index is 12.9. The molecule has 10 unspecified atom stereocenters. The number of rotatable bonds is 30. The highest BCUT2D eigenvalue weighted by atomic mass is 32.3. The summed E-state index contributed by atoms with van der Waals surface area (Å²) in [6, 6.07) is -7.44. The van der Waals surface area contributed by atoms with Crippen LogP contribution in [0.3, 0.4) is 0 Å². The molecule has 510 valence electrons. The van der Waals surface area contributed by atoms with Gasteiger partial charge in [-0.15, -0.1) is 4.33 Å². The number of aliphatic hydroxyl groups is 7. The average molecular weight is 1430 g/mol. The predicted molar refractivity (Wildman–Crippen MR) is 252 cm³/mol. The zero-order valence-corrected chi connectivity index (χ0v) is 48.0. The number of hydrogen-bond acceptors (Lipinski definition) is 39. The fraction of sp³-hybridized carbons (Fsp3) is 0.935. The lowest BCUT2D eigenvalue weighted by Crippen LogP contribution is -2.71. The number of carbonyl (C=O) groups is 2. The van der Waals surface area contributed by atoms with E-state index in [9.17, 15) is 129 Å². The van der Waals surface area contributed by atoms with Crippen LogP contribution in [0.4, 0.5) is 0 Å². The molecule has 49 nitrogen and oxygen atoms in total. The van der Waals surface area contributed by atoms with E-state index in [1.165, 1.54) is 14.2 Å². The number of ether oxygens (including phenoxy) is 10. The third-order valence-corrected chi connectivity index (χ3v) is 15.6. The fourth-order valence-electron chi connectivity index (χ4n) is 8.69. The van der Waals surface area contributed by atoms with Crippen molar-refractivity contribution in [1.29, 1.82) is 0 Å². The predicted octanol–water partition coefficient (Wildman–Crippen LogP) is -12.4. The third kappa shape index (κ3) is 21.4. The van der Waals surface area contributed by atoms with E-state index >= 15 is 0 Å².